The number of rotatable bonds is 6. The molecular weight excluding hydrogens is 224 g/mol. The molecule has 88 valence electrons. The minimum absolute atomic E-state index is 0.137. The van der Waals surface area contributed by atoms with Crippen LogP contribution in [-0.4, -0.2) is 31.7 Å². The van der Waals surface area contributed by atoms with Crippen molar-refractivity contribution in [3.05, 3.63) is 0 Å². The highest BCUT2D eigenvalue weighted by Gasteiger charge is 2.28. The highest BCUT2D eigenvalue weighted by atomic mass is 32.2. The SMILES string of the molecule is CCC(C)C(=O)CSc1nnnn1C1CC1. The number of tetrazole rings is 1. The standard InChI is InChI=1S/C10H16N4OS/c1-3-7(2)9(15)6-16-10-11-12-13-14(10)8-4-5-8/h7-8H,3-6H2,1-2H3. The molecule has 0 radical (unpaired) electrons. The van der Waals surface area contributed by atoms with E-state index in [-0.39, 0.29) is 11.7 Å². The average molecular weight is 240 g/mol. The zero-order chi connectivity index (χ0) is 11.5. The molecule has 1 atom stereocenters. The number of hydrogen-bond donors (Lipinski definition) is 0. The molecule has 6 heteroatoms. The summed E-state index contributed by atoms with van der Waals surface area (Å²) in [6.07, 6.45) is 3.20. The number of Topliss-reactive ketones (excluding diaryl/α,β-unsaturated/α-hetero) is 1. The number of thioether (sulfide) groups is 1. The van der Waals surface area contributed by atoms with Crippen molar-refractivity contribution in [2.45, 2.75) is 44.3 Å². The second-order valence-corrected chi connectivity index (χ2v) is 5.14. The van der Waals surface area contributed by atoms with Gasteiger partial charge in [0.05, 0.1) is 11.8 Å². The van der Waals surface area contributed by atoms with Gasteiger partial charge in [-0.2, -0.15) is 0 Å². The number of aromatic nitrogens is 4. The third-order valence-corrected chi connectivity index (χ3v) is 3.82. The normalized spacial score (nSPS) is 17.4. The highest BCUT2D eigenvalue weighted by Crippen LogP contribution is 2.36. The van der Waals surface area contributed by atoms with Gasteiger partial charge in [-0.15, -0.1) is 5.10 Å². The van der Waals surface area contributed by atoms with Gasteiger partial charge in [0, 0.05) is 5.92 Å². The molecule has 0 bridgehead atoms. The fourth-order valence-corrected chi connectivity index (χ4v) is 2.30. The van der Waals surface area contributed by atoms with Crippen molar-refractivity contribution in [2.75, 3.05) is 5.75 Å². The number of carbonyl (C=O) groups excluding carboxylic acids is 1. The lowest BCUT2D eigenvalue weighted by atomic mass is 10.1. The molecule has 1 aromatic rings. The Morgan fingerprint density at radius 3 is 3.00 bits per heavy atom. The second kappa shape index (κ2) is 4.95. The van der Waals surface area contributed by atoms with E-state index >= 15 is 0 Å². The lowest BCUT2D eigenvalue weighted by Gasteiger charge is -2.06. The molecule has 16 heavy (non-hydrogen) atoms. The van der Waals surface area contributed by atoms with E-state index in [1.165, 1.54) is 11.8 Å². The van der Waals surface area contributed by atoms with Gasteiger partial charge in [-0.05, 0) is 29.7 Å². The summed E-state index contributed by atoms with van der Waals surface area (Å²) in [5, 5.41) is 12.3. The van der Waals surface area contributed by atoms with E-state index in [1.807, 2.05) is 18.5 Å². The number of nitrogens with zero attached hydrogens (tertiary/aromatic N) is 4. The van der Waals surface area contributed by atoms with Crippen LogP contribution in [0.1, 0.15) is 39.2 Å². The largest absolute Gasteiger partial charge is 0.298 e. The number of carbonyl (C=O) groups is 1. The van der Waals surface area contributed by atoms with Crippen LogP contribution in [0.5, 0.6) is 0 Å². The molecule has 2 rings (SSSR count). The molecule has 1 aromatic heterocycles. The van der Waals surface area contributed by atoms with Gasteiger partial charge in [0.2, 0.25) is 5.16 Å². The van der Waals surface area contributed by atoms with Crippen LogP contribution in [0.15, 0.2) is 5.16 Å². The predicted molar refractivity (Wildman–Crippen MR) is 61.3 cm³/mol. The lowest BCUT2D eigenvalue weighted by molar-refractivity contribution is -0.119. The van der Waals surface area contributed by atoms with Crippen molar-refractivity contribution in [3.63, 3.8) is 0 Å². The molecule has 0 spiro atoms. The first-order valence-electron chi connectivity index (χ1n) is 5.65. The molecule has 0 saturated heterocycles. The summed E-state index contributed by atoms with van der Waals surface area (Å²) in [5.74, 6) is 0.887. The van der Waals surface area contributed by atoms with Gasteiger partial charge in [-0.25, -0.2) is 4.68 Å². The molecule has 0 N–H and O–H groups in total. The van der Waals surface area contributed by atoms with E-state index in [0.717, 1.165) is 24.4 Å². The Morgan fingerprint density at radius 2 is 2.38 bits per heavy atom. The molecule has 1 aliphatic carbocycles. The molecule has 0 amide bonds. The quantitative estimate of drug-likeness (QED) is 0.708. The van der Waals surface area contributed by atoms with Crippen molar-refractivity contribution in [3.8, 4) is 0 Å². The Labute approximate surface area is 99.0 Å². The van der Waals surface area contributed by atoms with E-state index in [1.54, 1.807) is 0 Å². The monoisotopic (exact) mass is 240 g/mol. The van der Waals surface area contributed by atoms with Crippen LogP contribution in [0.3, 0.4) is 0 Å². The molecule has 1 saturated carbocycles. The molecule has 5 nitrogen and oxygen atoms in total. The zero-order valence-corrected chi connectivity index (χ0v) is 10.4. The zero-order valence-electron chi connectivity index (χ0n) is 9.59. The van der Waals surface area contributed by atoms with Gasteiger partial charge in [0.1, 0.15) is 5.78 Å². The molecule has 1 aliphatic rings. The summed E-state index contributed by atoms with van der Waals surface area (Å²) in [6, 6.07) is 0.469. The first-order valence-corrected chi connectivity index (χ1v) is 6.64. The molecule has 0 aromatic carbocycles. The summed E-state index contributed by atoms with van der Waals surface area (Å²) < 4.78 is 1.84. The van der Waals surface area contributed by atoms with E-state index in [0.29, 0.717) is 11.8 Å². The number of hydrogen-bond acceptors (Lipinski definition) is 5. The van der Waals surface area contributed by atoms with Crippen LogP contribution >= 0.6 is 11.8 Å². The Morgan fingerprint density at radius 1 is 1.62 bits per heavy atom. The Balaban J connectivity index is 1.89. The minimum atomic E-state index is 0.137. The summed E-state index contributed by atoms with van der Waals surface area (Å²) in [4.78, 5) is 11.7. The summed E-state index contributed by atoms with van der Waals surface area (Å²) in [6.45, 7) is 3.99. The van der Waals surface area contributed by atoms with Crippen LogP contribution in [0, 0.1) is 5.92 Å². The van der Waals surface area contributed by atoms with Crippen molar-refractivity contribution in [2.24, 2.45) is 5.92 Å². The van der Waals surface area contributed by atoms with E-state index < -0.39 is 0 Å². The topological polar surface area (TPSA) is 60.7 Å². The first kappa shape index (κ1) is 11.6. The maximum Gasteiger partial charge on any atom is 0.210 e. The third kappa shape index (κ3) is 2.61. The van der Waals surface area contributed by atoms with Crippen molar-refractivity contribution >= 4 is 17.5 Å². The van der Waals surface area contributed by atoms with Gasteiger partial charge in [0.15, 0.2) is 0 Å². The third-order valence-electron chi connectivity index (χ3n) is 2.86. The average Bonchev–Trinajstić information content (AvgIpc) is 3.04. The van der Waals surface area contributed by atoms with Crippen LogP contribution in [0.2, 0.25) is 0 Å². The fraction of sp³-hybridized carbons (Fsp3) is 0.800. The first-order chi connectivity index (χ1) is 7.72. The number of ketones is 1. The van der Waals surface area contributed by atoms with Crippen LogP contribution in [0.4, 0.5) is 0 Å². The van der Waals surface area contributed by atoms with Crippen LogP contribution < -0.4 is 0 Å². The fourth-order valence-electron chi connectivity index (χ4n) is 1.33. The van der Waals surface area contributed by atoms with Crippen molar-refractivity contribution in [1.29, 1.82) is 0 Å². The maximum absolute atomic E-state index is 11.7. The highest BCUT2D eigenvalue weighted by molar-refractivity contribution is 7.99. The van der Waals surface area contributed by atoms with E-state index in [2.05, 4.69) is 15.5 Å². The van der Waals surface area contributed by atoms with Crippen molar-refractivity contribution in [1.82, 2.24) is 20.2 Å². The van der Waals surface area contributed by atoms with Crippen molar-refractivity contribution < 1.29 is 4.79 Å². The van der Waals surface area contributed by atoms with Gasteiger partial charge in [0.25, 0.3) is 0 Å². The van der Waals surface area contributed by atoms with Crippen LogP contribution in [-0.2, 0) is 4.79 Å². The smallest absolute Gasteiger partial charge is 0.210 e. The Hall–Kier alpha value is -0.910. The predicted octanol–water partition coefficient (Wildman–Crippen LogP) is 1.72. The molecule has 1 unspecified atom stereocenters. The molecule has 1 fully saturated rings. The summed E-state index contributed by atoms with van der Waals surface area (Å²) >= 11 is 1.45. The summed E-state index contributed by atoms with van der Waals surface area (Å²) in [5.41, 5.74) is 0. The second-order valence-electron chi connectivity index (χ2n) is 4.20. The molecule has 1 heterocycles. The summed E-state index contributed by atoms with van der Waals surface area (Å²) in [7, 11) is 0. The molecule has 0 aliphatic heterocycles. The van der Waals surface area contributed by atoms with Gasteiger partial charge < -0.3 is 0 Å². The van der Waals surface area contributed by atoms with Gasteiger partial charge in [-0.1, -0.05) is 25.6 Å². The van der Waals surface area contributed by atoms with E-state index in [9.17, 15) is 4.79 Å². The van der Waals surface area contributed by atoms with Gasteiger partial charge >= 0.3 is 0 Å². The minimum Gasteiger partial charge on any atom is -0.298 e. The van der Waals surface area contributed by atoms with Crippen LogP contribution in [0.25, 0.3) is 0 Å². The van der Waals surface area contributed by atoms with E-state index in [4.69, 9.17) is 0 Å². The Bertz CT molecular complexity index is 375. The maximum atomic E-state index is 11.7. The molecular formula is C10H16N4OS. The Kier molecular flexibility index (Phi) is 3.58. The van der Waals surface area contributed by atoms with Gasteiger partial charge in [-0.3, -0.25) is 4.79 Å². The lowest BCUT2D eigenvalue weighted by Crippen LogP contribution is -2.13.